The molecular weight excluding hydrogens is 314 g/mol. The van der Waals surface area contributed by atoms with E-state index in [0.29, 0.717) is 11.7 Å². The summed E-state index contributed by atoms with van der Waals surface area (Å²) in [4.78, 5) is 14.6. The molecule has 2 unspecified atom stereocenters. The van der Waals surface area contributed by atoms with Gasteiger partial charge in [-0.1, -0.05) is 11.8 Å². The van der Waals surface area contributed by atoms with Gasteiger partial charge in [0.15, 0.2) is 0 Å². The lowest BCUT2D eigenvalue weighted by Gasteiger charge is -2.32. The second-order valence-electron chi connectivity index (χ2n) is 6.47. The zero-order chi connectivity index (χ0) is 17.0. The van der Waals surface area contributed by atoms with Gasteiger partial charge in [-0.3, -0.25) is 4.79 Å². The van der Waals surface area contributed by atoms with E-state index in [2.05, 4.69) is 15.5 Å². The molecule has 1 aliphatic heterocycles. The third-order valence-corrected chi connectivity index (χ3v) is 4.96. The van der Waals surface area contributed by atoms with Gasteiger partial charge in [0, 0.05) is 18.7 Å². The Labute approximate surface area is 142 Å². The molecule has 1 saturated heterocycles. The van der Waals surface area contributed by atoms with Crippen molar-refractivity contribution in [3.8, 4) is 0 Å². The van der Waals surface area contributed by atoms with Crippen molar-refractivity contribution < 1.29 is 9.53 Å². The van der Waals surface area contributed by atoms with E-state index in [4.69, 9.17) is 4.74 Å². The molecule has 0 N–H and O–H groups in total. The second kappa shape index (κ2) is 8.10. The molecule has 0 saturated carbocycles. The van der Waals surface area contributed by atoms with Crippen molar-refractivity contribution in [3.63, 3.8) is 0 Å². The molecule has 7 nitrogen and oxygen atoms in total. The van der Waals surface area contributed by atoms with E-state index in [1.54, 1.807) is 4.68 Å². The average Bonchev–Trinajstić information content (AvgIpc) is 3.11. The molecule has 1 aromatic heterocycles. The molecule has 23 heavy (non-hydrogen) atoms. The zero-order valence-electron chi connectivity index (χ0n) is 14.6. The van der Waals surface area contributed by atoms with Crippen LogP contribution in [0.5, 0.6) is 0 Å². The second-order valence-corrected chi connectivity index (χ2v) is 7.78. The number of tetrazole rings is 1. The van der Waals surface area contributed by atoms with E-state index in [-0.39, 0.29) is 29.3 Å². The maximum absolute atomic E-state index is 12.7. The number of hydrogen-bond acceptors (Lipinski definition) is 6. The molecule has 2 rings (SSSR count). The predicted octanol–water partition coefficient (Wildman–Crippen LogP) is 1.98. The summed E-state index contributed by atoms with van der Waals surface area (Å²) in [6, 6.07) is 0.349. The van der Waals surface area contributed by atoms with Gasteiger partial charge in [0.1, 0.15) is 0 Å². The summed E-state index contributed by atoms with van der Waals surface area (Å²) in [6.07, 6.45) is 2.29. The fraction of sp³-hybridized carbons (Fsp3) is 0.867. The maximum Gasteiger partial charge on any atom is 0.236 e. The lowest BCUT2D eigenvalue weighted by Crippen LogP contribution is -2.45. The Morgan fingerprint density at radius 3 is 2.61 bits per heavy atom. The van der Waals surface area contributed by atoms with Gasteiger partial charge in [0.25, 0.3) is 0 Å². The van der Waals surface area contributed by atoms with E-state index in [0.717, 1.165) is 19.4 Å². The van der Waals surface area contributed by atoms with Gasteiger partial charge in [-0.15, -0.1) is 5.10 Å². The van der Waals surface area contributed by atoms with Crippen molar-refractivity contribution >= 4 is 17.7 Å². The van der Waals surface area contributed by atoms with E-state index >= 15 is 0 Å². The first-order valence-corrected chi connectivity index (χ1v) is 9.14. The molecule has 0 radical (unpaired) electrons. The molecular formula is C15H27N5O2S. The maximum atomic E-state index is 12.7. The Kier molecular flexibility index (Phi) is 6.41. The first-order valence-electron chi connectivity index (χ1n) is 8.26. The van der Waals surface area contributed by atoms with E-state index in [1.807, 2.05) is 39.5 Å². The summed E-state index contributed by atoms with van der Waals surface area (Å²) >= 11 is 1.41. The molecule has 8 heteroatoms. The highest BCUT2D eigenvalue weighted by atomic mass is 32.2. The minimum atomic E-state index is -0.228. The van der Waals surface area contributed by atoms with Crippen LogP contribution >= 0.6 is 11.8 Å². The van der Waals surface area contributed by atoms with Crippen LogP contribution in [0, 0.1) is 0 Å². The van der Waals surface area contributed by atoms with Crippen molar-refractivity contribution in [2.75, 3.05) is 6.61 Å². The highest BCUT2D eigenvalue weighted by Crippen LogP contribution is 2.24. The number of rotatable bonds is 7. The molecule has 2 atom stereocenters. The number of carbonyl (C=O) groups excluding carboxylic acids is 1. The molecule has 130 valence electrons. The quantitative estimate of drug-likeness (QED) is 0.706. The summed E-state index contributed by atoms with van der Waals surface area (Å²) in [5.74, 6) is 0.117. The first kappa shape index (κ1) is 18.2. The monoisotopic (exact) mass is 341 g/mol. The molecule has 0 aliphatic carbocycles. The van der Waals surface area contributed by atoms with Gasteiger partial charge in [-0.25, -0.2) is 4.68 Å². The van der Waals surface area contributed by atoms with Crippen molar-refractivity contribution in [2.24, 2.45) is 0 Å². The third-order valence-electron chi connectivity index (χ3n) is 3.90. The fourth-order valence-corrected chi connectivity index (χ4v) is 3.76. The van der Waals surface area contributed by atoms with Crippen LogP contribution in [0.1, 0.15) is 47.5 Å². The average molecular weight is 341 g/mol. The molecule has 2 heterocycles. The summed E-state index contributed by atoms with van der Waals surface area (Å²) in [7, 11) is 0. The number of aromatic nitrogens is 4. The SMILES string of the molecule is CC(Sc1nnnn1CC1CCCO1)C(=O)N(C(C)C)C(C)C. The van der Waals surface area contributed by atoms with Crippen LogP contribution in [0.25, 0.3) is 0 Å². The van der Waals surface area contributed by atoms with Crippen molar-refractivity contribution in [1.29, 1.82) is 0 Å². The number of carbonyl (C=O) groups is 1. The Balaban J connectivity index is 2.00. The van der Waals surface area contributed by atoms with Crippen molar-refractivity contribution in [3.05, 3.63) is 0 Å². The number of thioether (sulfide) groups is 1. The summed E-state index contributed by atoms with van der Waals surface area (Å²) in [6.45, 7) is 11.5. The number of ether oxygens (including phenoxy) is 1. The third kappa shape index (κ3) is 4.67. The van der Waals surface area contributed by atoms with Crippen LogP contribution in [0.3, 0.4) is 0 Å². The van der Waals surface area contributed by atoms with Gasteiger partial charge in [0.05, 0.1) is 17.9 Å². The molecule has 1 fully saturated rings. The first-order chi connectivity index (χ1) is 10.9. The minimum Gasteiger partial charge on any atom is -0.376 e. The number of nitrogens with zero attached hydrogens (tertiary/aromatic N) is 5. The molecule has 1 amide bonds. The van der Waals surface area contributed by atoms with Crippen LogP contribution in [0.2, 0.25) is 0 Å². The summed E-state index contributed by atoms with van der Waals surface area (Å²) < 4.78 is 7.38. The van der Waals surface area contributed by atoms with Crippen LogP contribution < -0.4 is 0 Å². The lowest BCUT2D eigenvalue weighted by molar-refractivity contribution is -0.133. The molecule has 0 bridgehead atoms. The van der Waals surface area contributed by atoms with Crippen molar-refractivity contribution in [2.45, 2.75) is 82.6 Å². The van der Waals surface area contributed by atoms with Gasteiger partial charge < -0.3 is 9.64 Å². The Morgan fingerprint density at radius 2 is 2.04 bits per heavy atom. The molecule has 0 spiro atoms. The standard InChI is InChI=1S/C15H27N5O2S/c1-10(2)20(11(3)4)14(21)12(5)23-15-16-17-18-19(15)9-13-7-6-8-22-13/h10-13H,6-9H2,1-5H3. The Morgan fingerprint density at radius 1 is 1.35 bits per heavy atom. The fourth-order valence-electron chi connectivity index (χ4n) is 2.90. The highest BCUT2D eigenvalue weighted by Gasteiger charge is 2.28. The number of hydrogen-bond donors (Lipinski definition) is 0. The van der Waals surface area contributed by atoms with E-state index < -0.39 is 0 Å². The van der Waals surface area contributed by atoms with Gasteiger partial charge in [-0.2, -0.15) is 0 Å². The van der Waals surface area contributed by atoms with Crippen LogP contribution in [-0.2, 0) is 16.1 Å². The van der Waals surface area contributed by atoms with Gasteiger partial charge >= 0.3 is 0 Å². The van der Waals surface area contributed by atoms with E-state index in [1.165, 1.54) is 11.8 Å². The minimum absolute atomic E-state index is 0.117. The van der Waals surface area contributed by atoms with Crippen molar-refractivity contribution in [1.82, 2.24) is 25.1 Å². The zero-order valence-corrected chi connectivity index (χ0v) is 15.4. The predicted molar refractivity (Wildman–Crippen MR) is 89.2 cm³/mol. The Bertz CT molecular complexity index is 506. The smallest absolute Gasteiger partial charge is 0.236 e. The van der Waals surface area contributed by atoms with Crippen LogP contribution in [0.15, 0.2) is 5.16 Å². The summed E-state index contributed by atoms with van der Waals surface area (Å²) in [5, 5.41) is 12.3. The van der Waals surface area contributed by atoms with E-state index in [9.17, 15) is 4.79 Å². The normalized spacial score (nSPS) is 19.5. The largest absolute Gasteiger partial charge is 0.376 e. The van der Waals surface area contributed by atoms with Gasteiger partial charge in [0.2, 0.25) is 11.1 Å². The molecule has 1 aromatic rings. The summed E-state index contributed by atoms with van der Waals surface area (Å²) in [5.41, 5.74) is 0. The molecule has 0 aromatic carbocycles. The van der Waals surface area contributed by atoms with Gasteiger partial charge in [-0.05, 0) is 57.9 Å². The van der Waals surface area contributed by atoms with Crippen LogP contribution in [0.4, 0.5) is 0 Å². The topological polar surface area (TPSA) is 73.1 Å². The molecule has 1 aliphatic rings. The highest BCUT2D eigenvalue weighted by molar-refractivity contribution is 8.00. The lowest BCUT2D eigenvalue weighted by atomic mass is 10.2. The Hall–Kier alpha value is -1.15. The van der Waals surface area contributed by atoms with Crippen LogP contribution in [-0.4, -0.2) is 61.1 Å². The number of amides is 1.